The maximum absolute atomic E-state index is 12.6. The first-order valence-electron chi connectivity index (χ1n) is 6.64. The van der Waals surface area contributed by atoms with Gasteiger partial charge in [-0.15, -0.1) is 0 Å². The fraction of sp³-hybridized carbons (Fsp3) is 0.917. The Balaban J connectivity index is 1.89. The molecule has 0 saturated carbocycles. The maximum atomic E-state index is 12.6. The quantitative estimate of drug-likeness (QED) is 0.752. The van der Waals surface area contributed by atoms with Gasteiger partial charge in [0.05, 0.1) is 6.04 Å². The molecule has 0 radical (unpaired) electrons. The summed E-state index contributed by atoms with van der Waals surface area (Å²) < 4.78 is 12.6. The molecule has 2 rings (SSSR count). The fourth-order valence-electron chi connectivity index (χ4n) is 2.56. The molecule has 0 spiro atoms. The molecule has 0 aromatic rings. The monoisotopic (exact) mass is 243 g/mol. The Labute approximate surface area is 102 Å². The maximum Gasteiger partial charge on any atom is 0.320 e. The van der Waals surface area contributed by atoms with Gasteiger partial charge in [0.1, 0.15) is 6.67 Å². The molecule has 98 valence electrons. The molecular formula is C12H22FN3O. The number of carbonyl (C=O) groups is 1. The van der Waals surface area contributed by atoms with Gasteiger partial charge in [0.2, 0.25) is 0 Å². The lowest BCUT2D eigenvalue weighted by atomic mass is 10.2. The topological polar surface area (TPSA) is 35.6 Å². The smallest absolute Gasteiger partial charge is 0.320 e. The Morgan fingerprint density at radius 3 is 2.47 bits per heavy atom. The minimum atomic E-state index is -0.399. The standard InChI is InChI=1S/C12H22FN3O/c13-9-11-10-16(8-5-14-11)12(17)15-6-3-1-2-4-7-15/h11,14H,1-10H2. The molecule has 1 atom stereocenters. The zero-order valence-corrected chi connectivity index (χ0v) is 10.3. The Bertz CT molecular complexity index is 254. The summed E-state index contributed by atoms with van der Waals surface area (Å²) in [5, 5.41) is 3.08. The second-order valence-electron chi connectivity index (χ2n) is 4.94. The molecule has 2 amide bonds. The molecule has 5 heteroatoms. The number of rotatable bonds is 1. The predicted molar refractivity (Wildman–Crippen MR) is 64.8 cm³/mol. The van der Waals surface area contributed by atoms with Crippen molar-refractivity contribution < 1.29 is 9.18 Å². The Morgan fingerprint density at radius 1 is 1.12 bits per heavy atom. The van der Waals surface area contributed by atoms with E-state index in [2.05, 4.69) is 5.32 Å². The highest BCUT2D eigenvalue weighted by Crippen LogP contribution is 2.13. The zero-order valence-electron chi connectivity index (χ0n) is 10.3. The second kappa shape index (κ2) is 6.19. The van der Waals surface area contributed by atoms with Crippen molar-refractivity contribution in [1.82, 2.24) is 15.1 Å². The van der Waals surface area contributed by atoms with Crippen LogP contribution < -0.4 is 5.32 Å². The van der Waals surface area contributed by atoms with Gasteiger partial charge in [0.15, 0.2) is 0 Å². The molecule has 4 nitrogen and oxygen atoms in total. The normalized spacial score (nSPS) is 26.8. The molecule has 0 aromatic carbocycles. The van der Waals surface area contributed by atoms with Crippen LogP contribution in [-0.2, 0) is 0 Å². The van der Waals surface area contributed by atoms with E-state index in [1.54, 1.807) is 4.90 Å². The number of hydrogen-bond donors (Lipinski definition) is 1. The summed E-state index contributed by atoms with van der Waals surface area (Å²) >= 11 is 0. The highest BCUT2D eigenvalue weighted by molar-refractivity contribution is 5.74. The molecule has 0 aromatic heterocycles. The van der Waals surface area contributed by atoms with Gasteiger partial charge in [-0.2, -0.15) is 0 Å². The van der Waals surface area contributed by atoms with E-state index < -0.39 is 6.67 Å². The molecule has 17 heavy (non-hydrogen) atoms. The van der Waals surface area contributed by atoms with Crippen molar-refractivity contribution >= 4 is 6.03 Å². The lowest BCUT2D eigenvalue weighted by molar-refractivity contribution is 0.133. The van der Waals surface area contributed by atoms with E-state index >= 15 is 0 Å². The van der Waals surface area contributed by atoms with Crippen molar-refractivity contribution in [3.05, 3.63) is 0 Å². The van der Waals surface area contributed by atoms with Crippen LogP contribution in [-0.4, -0.2) is 61.3 Å². The molecule has 1 unspecified atom stereocenters. The van der Waals surface area contributed by atoms with Crippen molar-refractivity contribution in [2.75, 3.05) is 39.4 Å². The number of alkyl halides is 1. The van der Waals surface area contributed by atoms with Gasteiger partial charge in [-0.05, 0) is 12.8 Å². The van der Waals surface area contributed by atoms with Crippen LogP contribution in [0.4, 0.5) is 9.18 Å². The Hall–Kier alpha value is -0.840. The first kappa shape index (κ1) is 12.6. The number of nitrogens with zero attached hydrogens (tertiary/aromatic N) is 2. The summed E-state index contributed by atoms with van der Waals surface area (Å²) in [6.45, 7) is 3.24. The summed E-state index contributed by atoms with van der Waals surface area (Å²) in [6, 6.07) is -0.0773. The fourth-order valence-corrected chi connectivity index (χ4v) is 2.56. The highest BCUT2D eigenvalue weighted by atomic mass is 19.1. The second-order valence-corrected chi connectivity index (χ2v) is 4.94. The van der Waals surface area contributed by atoms with E-state index in [1.807, 2.05) is 4.90 Å². The predicted octanol–water partition coefficient (Wildman–Crippen LogP) is 1.23. The van der Waals surface area contributed by atoms with Crippen LogP contribution in [0.1, 0.15) is 25.7 Å². The Morgan fingerprint density at radius 2 is 1.82 bits per heavy atom. The van der Waals surface area contributed by atoms with Gasteiger partial charge >= 0.3 is 6.03 Å². The van der Waals surface area contributed by atoms with Crippen LogP contribution in [0.25, 0.3) is 0 Å². The largest absolute Gasteiger partial charge is 0.325 e. The molecule has 1 N–H and O–H groups in total. The molecule has 0 bridgehead atoms. The Kier molecular flexibility index (Phi) is 4.59. The van der Waals surface area contributed by atoms with Gasteiger partial charge in [0, 0.05) is 32.7 Å². The minimum absolute atomic E-state index is 0.104. The van der Waals surface area contributed by atoms with Gasteiger partial charge in [-0.25, -0.2) is 9.18 Å². The van der Waals surface area contributed by atoms with Crippen LogP contribution in [0.5, 0.6) is 0 Å². The number of urea groups is 1. The molecule has 2 saturated heterocycles. The highest BCUT2D eigenvalue weighted by Gasteiger charge is 2.26. The molecule has 2 aliphatic rings. The van der Waals surface area contributed by atoms with E-state index in [1.165, 1.54) is 12.8 Å². The molecule has 2 fully saturated rings. The van der Waals surface area contributed by atoms with Crippen LogP contribution in [0.15, 0.2) is 0 Å². The number of hydrogen-bond acceptors (Lipinski definition) is 2. The minimum Gasteiger partial charge on any atom is -0.325 e. The molecule has 0 aliphatic carbocycles. The zero-order chi connectivity index (χ0) is 12.1. The van der Waals surface area contributed by atoms with E-state index in [0.717, 1.165) is 25.9 Å². The van der Waals surface area contributed by atoms with E-state index in [0.29, 0.717) is 19.6 Å². The first-order valence-corrected chi connectivity index (χ1v) is 6.64. The summed E-state index contributed by atoms with van der Waals surface area (Å²) in [4.78, 5) is 16.0. The number of amides is 2. The summed E-state index contributed by atoms with van der Waals surface area (Å²) in [5.41, 5.74) is 0. The lowest BCUT2D eigenvalue weighted by Crippen LogP contribution is -2.56. The van der Waals surface area contributed by atoms with Crippen molar-refractivity contribution in [2.24, 2.45) is 0 Å². The van der Waals surface area contributed by atoms with Crippen LogP contribution >= 0.6 is 0 Å². The molecular weight excluding hydrogens is 221 g/mol. The van der Waals surface area contributed by atoms with Crippen LogP contribution in [0.3, 0.4) is 0 Å². The summed E-state index contributed by atoms with van der Waals surface area (Å²) in [7, 11) is 0. The van der Waals surface area contributed by atoms with Crippen molar-refractivity contribution in [1.29, 1.82) is 0 Å². The third-order valence-electron chi connectivity index (χ3n) is 3.59. The van der Waals surface area contributed by atoms with Crippen molar-refractivity contribution in [3.8, 4) is 0 Å². The number of carbonyl (C=O) groups excluding carboxylic acids is 1. The van der Waals surface area contributed by atoms with Crippen LogP contribution in [0.2, 0.25) is 0 Å². The summed E-state index contributed by atoms with van der Waals surface area (Å²) in [5.74, 6) is 0. The number of halogens is 1. The van der Waals surface area contributed by atoms with Crippen molar-refractivity contribution in [3.63, 3.8) is 0 Å². The average molecular weight is 243 g/mol. The lowest BCUT2D eigenvalue weighted by Gasteiger charge is -2.36. The van der Waals surface area contributed by atoms with Gasteiger partial charge < -0.3 is 15.1 Å². The number of piperazine rings is 1. The first-order chi connectivity index (χ1) is 8.31. The van der Waals surface area contributed by atoms with E-state index in [-0.39, 0.29) is 12.1 Å². The van der Waals surface area contributed by atoms with Gasteiger partial charge in [-0.1, -0.05) is 12.8 Å². The third-order valence-corrected chi connectivity index (χ3v) is 3.59. The molecule has 2 aliphatic heterocycles. The third kappa shape index (κ3) is 3.31. The number of likely N-dealkylation sites (tertiary alicyclic amines) is 1. The van der Waals surface area contributed by atoms with Crippen LogP contribution in [0, 0.1) is 0 Å². The number of nitrogens with one attached hydrogen (secondary N) is 1. The van der Waals surface area contributed by atoms with E-state index in [4.69, 9.17) is 0 Å². The van der Waals surface area contributed by atoms with Gasteiger partial charge in [-0.3, -0.25) is 0 Å². The van der Waals surface area contributed by atoms with E-state index in [9.17, 15) is 9.18 Å². The summed E-state index contributed by atoms with van der Waals surface area (Å²) in [6.07, 6.45) is 4.64. The average Bonchev–Trinajstić information content (AvgIpc) is 2.67. The molecule has 2 heterocycles. The van der Waals surface area contributed by atoms with Crippen molar-refractivity contribution in [2.45, 2.75) is 31.7 Å². The van der Waals surface area contributed by atoms with Gasteiger partial charge in [0.25, 0.3) is 0 Å². The SMILES string of the molecule is O=C(N1CCCCCC1)N1CCNC(CF)C1.